The first-order valence-corrected chi connectivity index (χ1v) is 10.9. The highest BCUT2D eigenvalue weighted by Crippen LogP contribution is 2.29. The molecule has 30 heavy (non-hydrogen) atoms. The topological polar surface area (TPSA) is 76.8 Å². The predicted octanol–water partition coefficient (Wildman–Crippen LogP) is 3.94. The van der Waals surface area contributed by atoms with Crippen LogP contribution in [0.3, 0.4) is 0 Å². The third kappa shape index (κ3) is 3.53. The molecule has 150 valence electrons. The molecule has 2 aromatic heterocycles. The van der Waals surface area contributed by atoms with Crippen LogP contribution in [0.5, 0.6) is 0 Å². The third-order valence-electron chi connectivity index (χ3n) is 5.00. The van der Waals surface area contributed by atoms with Gasteiger partial charge in [0.05, 0.1) is 11.4 Å². The quantitative estimate of drug-likeness (QED) is 0.356. The van der Waals surface area contributed by atoms with Gasteiger partial charge in [0.25, 0.3) is 0 Å². The highest BCUT2D eigenvalue weighted by molar-refractivity contribution is 8.00. The summed E-state index contributed by atoms with van der Waals surface area (Å²) >= 11 is 7.45. The molecule has 0 saturated carbocycles. The van der Waals surface area contributed by atoms with Crippen molar-refractivity contribution >= 4 is 46.1 Å². The van der Waals surface area contributed by atoms with Crippen LogP contribution in [-0.4, -0.2) is 43.2 Å². The number of anilines is 1. The molecule has 0 N–H and O–H groups in total. The van der Waals surface area contributed by atoms with Crippen LogP contribution in [0.25, 0.3) is 16.9 Å². The zero-order valence-corrected chi connectivity index (χ0v) is 17.5. The number of halogens is 1. The molecule has 0 bridgehead atoms. The molecule has 0 spiro atoms. The number of hydrogen-bond acceptors (Lipinski definition) is 6. The number of para-hydroxylation sites is 1. The minimum absolute atomic E-state index is 0.0566. The molecule has 2 aromatic carbocycles. The van der Waals surface area contributed by atoms with Gasteiger partial charge in [0, 0.05) is 17.3 Å². The molecule has 0 fully saturated rings. The lowest BCUT2D eigenvalue weighted by atomic mass is 10.0. The highest BCUT2D eigenvalue weighted by Gasteiger charge is 2.23. The molecule has 1 aliphatic heterocycles. The highest BCUT2D eigenvalue weighted by atomic mass is 35.5. The Balaban J connectivity index is 1.39. The fourth-order valence-corrected chi connectivity index (χ4v) is 4.61. The second kappa shape index (κ2) is 8.04. The number of nitrogens with zero attached hydrogens (tertiary/aromatic N) is 6. The van der Waals surface area contributed by atoms with Gasteiger partial charge in [-0.2, -0.15) is 4.68 Å². The fourth-order valence-electron chi connectivity index (χ4n) is 3.62. The van der Waals surface area contributed by atoms with Crippen molar-refractivity contribution in [3.63, 3.8) is 0 Å². The molecule has 0 unspecified atom stereocenters. The average molecular weight is 437 g/mol. The number of hydrogen-bond donors (Lipinski definition) is 0. The van der Waals surface area contributed by atoms with Crippen LogP contribution in [-0.2, 0) is 11.2 Å². The second-order valence-electron chi connectivity index (χ2n) is 6.90. The zero-order valence-electron chi connectivity index (χ0n) is 15.9. The Kier molecular flexibility index (Phi) is 5.10. The van der Waals surface area contributed by atoms with Crippen molar-refractivity contribution in [2.75, 3.05) is 17.2 Å². The smallest absolute Gasteiger partial charge is 0.237 e. The molecular weight excluding hydrogens is 420 g/mol. The number of thioether (sulfide) groups is 1. The Morgan fingerprint density at radius 3 is 2.93 bits per heavy atom. The van der Waals surface area contributed by atoms with Crippen LogP contribution >= 0.6 is 23.4 Å². The Morgan fingerprint density at radius 2 is 2.03 bits per heavy atom. The van der Waals surface area contributed by atoms with Gasteiger partial charge in [-0.3, -0.25) is 4.79 Å². The van der Waals surface area contributed by atoms with Gasteiger partial charge in [0.2, 0.25) is 5.91 Å². The maximum absolute atomic E-state index is 12.9. The van der Waals surface area contributed by atoms with Gasteiger partial charge < -0.3 is 4.90 Å². The van der Waals surface area contributed by atoms with Gasteiger partial charge in [-0.25, -0.2) is 9.97 Å². The number of carbonyl (C=O) groups is 1. The molecule has 1 aliphatic rings. The molecule has 0 atom stereocenters. The van der Waals surface area contributed by atoms with E-state index in [2.05, 4.69) is 26.3 Å². The molecule has 1 amide bonds. The SMILES string of the molecule is O=C(CSc1ncnc2c1nnn2-c1cccc(Cl)c1)N1CCCc2ccccc21. The van der Waals surface area contributed by atoms with Crippen LogP contribution in [0.2, 0.25) is 5.02 Å². The maximum atomic E-state index is 12.9. The summed E-state index contributed by atoms with van der Waals surface area (Å²) in [4.78, 5) is 23.5. The Bertz CT molecular complexity index is 1240. The minimum atomic E-state index is 0.0566. The van der Waals surface area contributed by atoms with Gasteiger partial charge in [-0.1, -0.05) is 52.8 Å². The molecular formula is C21H17ClN6OS. The van der Waals surface area contributed by atoms with Crippen LogP contribution in [0.4, 0.5) is 5.69 Å². The minimum Gasteiger partial charge on any atom is -0.311 e. The van der Waals surface area contributed by atoms with Crippen LogP contribution in [0.15, 0.2) is 59.9 Å². The molecule has 0 saturated heterocycles. The van der Waals surface area contributed by atoms with E-state index in [0.29, 0.717) is 21.2 Å². The van der Waals surface area contributed by atoms with Crippen molar-refractivity contribution in [3.05, 3.63) is 65.4 Å². The van der Waals surface area contributed by atoms with Gasteiger partial charge in [-0.15, -0.1) is 5.10 Å². The summed E-state index contributed by atoms with van der Waals surface area (Å²) < 4.78 is 1.62. The largest absolute Gasteiger partial charge is 0.311 e. The van der Waals surface area contributed by atoms with Crippen molar-refractivity contribution < 1.29 is 4.79 Å². The normalized spacial score (nSPS) is 13.4. The molecule has 0 radical (unpaired) electrons. The van der Waals surface area contributed by atoms with E-state index < -0.39 is 0 Å². The predicted molar refractivity (Wildman–Crippen MR) is 117 cm³/mol. The number of benzene rings is 2. The molecule has 4 aromatic rings. The first-order chi connectivity index (χ1) is 14.7. The van der Waals surface area contributed by atoms with Crippen LogP contribution in [0.1, 0.15) is 12.0 Å². The zero-order chi connectivity index (χ0) is 20.5. The summed E-state index contributed by atoms with van der Waals surface area (Å²) in [5, 5.41) is 9.70. The van der Waals surface area contributed by atoms with E-state index in [0.717, 1.165) is 30.8 Å². The van der Waals surface area contributed by atoms with Crippen molar-refractivity contribution in [1.82, 2.24) is 25.0 Å². The van der Waals surface area contributed by atoms with Crippen LogP contribution in [0, 0.1) is 0 Å². The summed E-state index contributed by atoms with van der Waals surface area (Å²) in [5.74, 6) is 0.325. The number of amides is 1. The monoisotopic (exact) mass is 436 g/mol. The van der Waals surface area contributed by atoms with E-state index in [9.17, 15) is 4.79 Å². The standard InChI is InChI=1S/C21H17ClN6OS/c22-15-7-3-8-16(11-15)28-20-19(25-26-28)21(24-13-23-20)30-12-18(29)27-10-4-6-14-5-1-2-9-17(14)27/h1-3,5,7-9,11,13H,4,6,10,12H2. The lowest BCUT2D eigenvalue weighted by Gasteiger charge is -2.29. The van der Waals surface area contributed by atoms with Gasteiger partial charge in [0.15, 0.2) is 11.2 Å². The average Bonchev–Trinajstić information content (AvgIpc) is 3.22. The van der Waals surface area contributed by atoms with E-state index in [1.807, 2.05) is 35.2 Å². The van der Waals surface area contributed by atoms with Gasteiger partial charge in [-0.05, 0) is 42.7 Å². The lowest BCUT2D eigenvalue weighted by Crippen LogP contribution is -2.36. The van der Waals surface area contributed by atoms with E-state index in [-0.39, 0.29) is 11.7 Å². The summed E-state index contributed by atoms with van der Waals surface area (Å²) in [5.41, 5.74) is 4.13. The van der Waals surface area contributed by atoms with Gasteiger partial charge in [0.1, 0.15) is 11.4 Å². The van der Waals surface area contributed by atoms with Crippen molar-refractivity contribution in [1.29, 1.82) is 0 Å². The fraction of sp³-hybridized carbons (Fsp3) is 0.190. The summed E-state index contributed by atoms with van der Waals surface area (Å²) in [6.07, 6.45) is 3.45. The molecule has 0 aliphatic carbocycles. The second-order valence-corrected chi connectivity index (χ2v) is 8.30. The lowest BCUT2D eigenvalue weighted by molar-refractivity contribution is -0.116. The van der Waals surface area contributed by atoms with E-state index in [1.54, 1.807) is 16.8 Å². The van der Waals surface area contributed by atoms with Crippen molar-refractivity contribution in [2.45, 2.75) is 17.9 Å². The van der Waals surface area contributed by atoms with E-state index in [4.69, 9.17) is 11.6 Å². The molecule has 9 heteroatoms. The van der Waals surface area contributed by atoms with E-state index in [1.165, 1.54) is 23.7 Å². The van der Waals surface area contributed by atoms with Crippen LogP contribution < -0.4 is 4.90 Å². The number of aromatic nitrogens is 5. The summed E-state index contributed by atoms with van der Waals surface area (Å²) in [6, 6.07) is 15.4. The maximum Gasteiger partial charge on any atom is 0.237 e. The Hall–Kier alpha value is -2.97. The Labute approximate surface area is 182 Å². The van der Waals surface area contributed by atoms with E-state index >= 15 is 0 Å². The number of rotatable bonds is 4. The first kappa shape index (κ1) is 19.0. The number of carbonyl (C=O) groups excluding carboxylic acids is 1. The molecule has 5 rings (SSSR count). The Morgan fingerprint density at radius 1 is 1.13 bits per heavy atom. The summed E-state index contributed by atoms with van der Waals surface area (Å²) in [7, 11) is 0. The first-order valence-electron chi connectivity index (χ1n) is 9.54. The third-order valence-corrected chi connectivity index (χ3v) is 6.20. The van der Waals surface area contributed by atoms with Gasteiger partial charge >= 0.3 is 0 Å². The number of fused-ring (bicyclic) bond motifs is 2. The van der Waals surface area contributed by atoms with Crippen molar-refractivity contribution in [3.8, 4) is 5.69 Å². The summed E-state index contributed by atoms with van der Waals surface area (Å²) in [6.45, 7) is 0.737. The molecule has 3 heterocycles. The molecule has 7 nitrogen and oxygen atoms in total. The number of aryl methyl sites for hydroxylation is 1. The van der Waals surface area contributed by atoms with Crippen molar-refractivity contribution in [2.24, 2.45) is 0 Å².